The number of fused-ring (bicyclic) bond motifs is 1. The molecule has 158 valence electrons. The van der Waals surface area contributed by atoms with Gasteiger partial charge in [-0.25, -0.2) is 4.98 Å². The van der Waals surface area contributed by atoms with Crippen LogP contribution in [0.25, 0.3) is 11.0 Å². The van der Waals surface area contributed by atoms with E-state index in [-0.39, 0.29) is 5.91 Å². The summed E-state index contributed by atoms with van der Waals surface area (Å²) in [6.45, 7) is 5.81. The van der Waals surface area contributed by atoms with E-state index < -0.39 is 0 Å². The van der Waals surface area contributed by atoms with Crippen molar-refractivity contribution in [2.24, 2.45) is 0 Å². The molecule has 0 spiro atoms. The number of imidazole rings is 1. The highest BCUT2D eigenvalue weighted by atomic mass is 16.5. The van der Waals surface area contributed by atoms with Gasteiger partial charge in [0.25, 0.3) is 5.91 Å². The molecule has 31 heavy (non-hydrogen) atoms. The Balaban J connectivity index is 1.42. The average molecular weight is 414 g/mol. The molecule has 1 N–H and O–H groups in total. The zero-order chi connectivity index (χ0) is 21.6. The lowest BCUT2D eigenvalue weighted by Gasteiger charge is -2.12. The molecular weight excluding hydrogens is 386 g/mol. The molecule has 1 heterocycles. The zero-order valence-corrected chi connectivity index (χ0v) is 18.0. The lowest BCUT2D eigenvalue weighted by molar-refractivity contribution is 0.0953. The van der Waals surface area contributed by atoms with Crippen molar-refractivity contribution in [1.29, 1.82) is 0 Å². The fourth-order valence-electron chi connectivity index (χ4n) is 3.63. The first-order valence-corrected chi connectivity index (χ1v) is 10.6. The van der Waals surface area contributed by atoms with Gasteiger partial charge in [-0.1, -0.05) is 47.5 Å². The van der Waals surface area contributed by atoms with E-state index in [0.29, 0.717) is 31.7 Å². The Morgan fingerprint density at radius 3 is 2.58 bits per heavy atom. The van der Waals surface area contributed by atoms with Crippen molar-refractivity contribution in [2.75, 3.05) is 13.2 Å². The van der Waals surface area contributed by atoms with Crippen LogP contribution < -0.4 is 10.1 Å². The molecule has 0 aliphatic heterocycles. The van der Waals surface area contributed by atoms with Crippen LogP contribution in [0.1, 0.15) is 27.3 Å². The summed E-state index contributed by atoms with van der Waals surface area (Å²) in [7, 11) is 0. The summed E-state index contributed by atoms with van der Waals surface area (Å²) >= 11 is 0. The van der Waals surface area contributed by atoms with Crippen LogP contribution in [0.5, 0.6) is 5.75 Å². The molecule has 5 heteroatoms. The Labute approximate surface area is 182 Å². The maximum atomic E-state index is 12.4. The number of hydrogen-bond donors (Lipinski definition) is 1. The average Bonchev–Trinajstić information content (AvgIpc) is 3.12. The molecule has 0 atom stereocenters. The van der Waals surface area contributed by atoms with Gasteiger partial charge in [-0.15, -0.1) is 0 Å². The fourth-order valence-corrected chi connectivity index (χ4v) is 3.63. The highest BCUT2D eigenvalue weighted by Gasteiger charge is 2.12. The largest absolute Gasteiger partial charge is 0.492 e. The number of ether oxygens (including phenoxy) is 1. The van der Waals surface area contributed by atoms with Crippen LogP contribution in [-0.2, 0) is 13.0 Å². The third kappa shape index (κ3) is 5.12. The summed E-state index contributed by atoms with van der Waals surface area (Å²) in [6.07, 6.45) is 0.650. The molecule has 0 saturated heterocycles. The second-order valence-electron chi connectivity index (χ2n) is 7.71. The number of amides is 1. The normalized spacial score (nSPS) is 10.9. The number of benzene rings is 3. The Morgan fingerprint density at radius 2 is 1.77 bits per heavy atom. The van der Waals surface area contributed by atoms with Crippen LogP contribution >= 0.6 is 0 Å². The minimum atomic E-state index is -0.0611. The first-order valence-electron chi connectivity index (χ1n) is 10.6. The molecule has 0 bridgehead atoms. The molecule has 5 nitrogen and oxygen atoms in total. The van der Waals surface area contributed by atoms with Crippen LogP contribution in [0.3, 0.4) is 0 Å². The Kier molecular flexibility index (Phi) is 6.32. The minimum Gasteiger partial charge on any atom is -0.492 e. The number of hydrogen-bond acceptors (Lipinski definition) is 3. The number of para-hydroxylation sites is 2. The SMILES string of the molecule is Cc1ccc(OCCn2c(CCNC(=O)c3cccc(C)c3)nc3ccccc32)cc1. The second-order valence-corrected chi connectivity index (χ2v) is 7.71. The van der Waals surface area contributed by atoms with Crippen LogP contribution in [-0.4, -0.2) is 28.6 Å². The van der Waals surface area contributed by atoms with Crippen LogP contribution in [0.15, 0.2) is 72.8 Å². The van der Waals surface area contributed by atoms with Gasteiger partial charge >= 0.3 is 0 Å². The highest BCUT2D eigenvalue weighted by Crippen LogP contribution is 2.17. The zero-order valence-electron chi connectivity index (χ0n) is 18.0. The summed E-state index contributed by atoms with van der Waals surface area (Å²) in [5, 5.41) is 3.01. The third-order valence-corrected chi connectivity index (χ3v) is 5.25. The van der Waals surface area contributed by atoms with Crippen molar-refractivity contribution >= 4 is 16.9 Å². The van der Waals surface area contributed by atoms with Gasteiger partial charge in [-0.2, -0.15) is 0 Å². The van der Waals surface area contributed by atoms with Gasteiger partial charge < -0.3 is 14.6 Å². The third-order valence-electron chi connectivity index (χ3n) is 5.25. The molecule has 0 fully saturated rings. The summed E-state index contributed by atoms with van der Waals surface area (Å²) < 4.78 is 8.11. The standard InChI is InChI=1S/C26H27N3O2/c1-19-10-12-22(13-11-19)31-17-16-29-24-9-4-3-8-23(24)28-25(29)14-15-27-26(30)21-7-5-6-20(2)18-21/h3-13,18H,14-17H2,1-2H3,(H,27,30). The molecule has 3 aromatic carbocycles. The number of carbonyl (C=O) groups is 1. The number of nitrogens with one attached hydrogen (secondary N) is 1. The predicted octanol–water partition coefficient (Wildman–Crippen LogP) is 4.70. The van der Waals surface area contributed by atoms with E-state index in [0.717, 1.165) is 28.2 Å². The Hall–Kier alpha value is -3.60. The van der Waals surface area contributed by atoms with E-state index in [4.69, 9.17) is 9.72 Å². The lowest BCUT2D eigenvalue weighted by atomic mass is 10.1. The van der Waals surface area contributed by atoms with Gasteiger partial charge in [0, 0.05) is 18.5 Å². The summed E-state index contributed by atoms with van der Waals surface area (Å²) in [6, 6.07) is 23.8. The number of nitrogens with zero attached hydrogens (tertiary/aromatic N) is 2. The number of rotatable bonds is 8. The number of carbonyl (C=O) groups excluding carboxylic acids is 1. The van der Waals surface area contributed by atoms with E-state index in [1.165, 1.54) is 5.56 Å². The van der Waals surface area contributed by atoms with E-state index in [1.54, 1.807) is 0 Å². The lowest BCUT2D eigenvalue weighted by Crippen LogP contribution is -2.26. The monoisotopic (exact) mass is 413 g/mol. The van der Waals surface area contributed by atoms with Crippen molar-refractivity contribution in [1.82, 2.24) is 14.9 Å². The molecule has 0 aliphatic carbocycles. The van der Waals surface area contributed by atoms with Crippen molar-refractivity contribution in [3.8, 4) is 5.75 Å². The molecule has 4 aromatic rings. The maximum Gasteiger partial charge on any atom is 0.251 e. The molecule has 0 unspecified atom stereocenters. The molecule has 0 radical (unpaired) electrons. The van der Waals surface area contributed by atoms with Crippen LogP contribution in [0.2, 0.25) is 0 Å². The van der Waals surface area contributed by atoms with Gasteiger partial charge in [0.1, 0.15) is 18.2 Å². The predicted molar refractivity (Wildman–Crippen MR) is 124 cm³/mol. The van der Waals surface area contributed by atoms with E-state index in [2.05, 4.69) is 22.9 Å². The molecule has 1 aromatic heterocycles. The van der Waals surface area contributed by atoms with Crippen molar-refractivity contribution in [3.05, 3.63) is 95.3 Å². The molecular formula is C26H27N3O2. The highest BCUT2D eigenvalue weighted by molar-refractivity contribution is 5.94. The second kappa shape index (κ2) is 9.47. The number of aryl methyl sites for hydroxylation is 2. The molecule has 4 rings (SSSR count). The van der Waals surface area contributed by atoms with E-state index in [1.807, 2.05) is 73.7 Å². The van der Waals surface area contributed by atoms with Crippen molar-refractivity contribution in [2.45, 2.75) is 26.8 Å². The van der Waals surface area contributed by atoms with Gasteiger partial charge in [0.15, 0.2) is 0 Å². The van der Waals surface area contributed by atoms with Gasteiger partial charge in [-0.05, 0) is 50.2 Å². The molecule has 1 amide bonds. The van der Waals surface area contributed by atoms with E-state index >= 15 is 0 Å². The summed E-state index contributed by atoms with van der Waals surface area (Å²) in [5.74, 6) is 1.74. The molecule has 0 saturated carbocycles. The fraction of sp³-hybridized carbons (Fsp3) is 0.231. The summed E-state index contributed by atoms with van der Waals surface area (Å²) in [5.41, 5.74) is 5.00. The quantitative estimate of drug-likeness (QED) is 0.455. The van der Waals surface area contributed by atoms with Crippen molar-refractivity contribution in [3.63, 3.8) is 0 Å². The first-order chi connectivity index (χ1) is 15.1. The van der Waals surface area contributed by atoms with Gasteiger partial charge in [-0.3, -0.25) is 4.79 Å². The summed E-state index contributed by atoms with van der Waals surface area (Å²) in [4.78, 5) is 17.2. The Morgan fingerprint density at radius 1 is 0.968 bits per heavy atom. The van der Waals surface area contributed by atoms with Crippen LogP contribution in [0, 0.1) is 13.8 Å². The Bertz CT molecular complexity index is 1180. The topological polar surface area (TPSA) is 56.1 Å². The smallest absolute Gasteiger partial charge is 0.251 e. The molecule has 0 aliphatic rings. The van der Waals surface area contributed by atoms with Gasteiger partial charge in [0.2, 0.25) is 0 Å². The minimum absolute atomic E-state index is 0.0611. The van der Waals surface area contributed by atoms with E-state index in [9.17, 15) is 4.79 Å². The van der Waals surface area contributed by atoms with Gasteiger partial charge in [0.05, 0.1) is 17.6 Å². The van der Waals surface area contributed by atoms with Crippen molar-refractivity contribution < 1.29 is 9.53 Å². The maximum absolute atomic E-state index is 12.4. The number of aromatic nitrogens is 2. The first kappa shape index (κ1) is 20.7. The van der Waals surface area contributed by atoms with Crippen LogP contribution in [0.4, 0.5) is 0 Å².